The lowest BCUT2D eigenvalue weighted by molar-refractivity contribution is -0.120. The van der Waals surface area contributed by atoms with Crippen LogP contribution in [0, 0.1) is 13.8 Å². The van der Waals surface area contributed by atoms with Crippen LogP contribution in [-0.2, 0) is 22.5 Å². The van der Waals surface area contributed by atoms with E-state index in [1.807, 2.05) is 26.0 Å². The van der Waals surface area contributed by atoms with Crippen LogP contribution >= 0.6 is 0 Å². The minimum absolute atomic E-state index is 0.142. The van der Waals surface area contributed by atoms with E-state index in [4.69, 9.17) is 4.52 Å². The second-order valence-electron chi connectivity index (χ2n) is 6.23. The summed E-state index contributed by atoms with van der Waals surface area (Å²) in [5.41, 5.74) is 4.82. The van der Waals surface area contributed by atoms with Crippen LogP contribution in [0.15, 0.2) is 40.9 Å². The van der Waals surface area contributed by atoms with Crippen molar-refractivity contribution in [2.45, 2.75) is 26.8 Å². The van der Waals surface area contributed by atoms with Crippen LogP contribution in [0.5, 0.6) is 0 Å². The molecule has 0 fully saturated rings. The van der Waals surface area contributed by atoms with Gasteiger partial charge in [0.05, 0.1) is 19.1 Å². The van der Waals surface area contributed by atoms with Crippen LogP contribution < -0.4 is 5.32 Å². The Morgan fingerprint density at radius 1 is 1.15 bits per heavy atom. The highest BCUT2D eigenvalue weighted by Crippen LogP contribution is 2.24. The number of amides is 1. The number of aryl methyl sites for hydroxylation is 2. The number of esters is 1. The van der Waals surface area contributed by atoms with E-state index >= 15 is 0 Å². The number of benzene rings is 2. The lowest BCUT2D eigenvalue weighted by Crippen LogP contribution is -2.24. The van der Waals surface area contributed by atoms with Gasteiger partial charge >= 0.3 is 5.97 Å². The average molecular weight is 352 g/mol. The maximum absolute atomic E-state index is 12.3. The first-order valence-electron chi connectivity index (χ1n) is 8.27. The topological polar surface area (TPSA) is 81.4 Å². The summed E-state index contributed by atoms with van der Waals surface area (Å²) in [5, 5.41) is 7.78. The Balaban J connectivity index is 1.64. The molecular formula is C20H20N2O4. The molecular weight excluding hydrogens is 332 g/mol. The molecule has 134 valence electrons. The second-order valence-corrected chi connectivity index (χ2v) is 6.23. The first kappa shape index (κ1) is 17.7. The number of hydrogen-bond acceptors (Lipinski definition) is 5. The minimum Gasteiger partial charge on any atom is -0.465 e. The lowest BCUT2D eigenvalue weighted by Gasteiger charge is -2.05. The fourth-order valence-corrected chi connectivity index (χ4v) is 2.86. The van der Waals surface area contributed by atoms with Crippen LogP contribution in [0.1, 0.15) is 32.7 Å². The van der Waals surface area contributed by atoms with Crippen molar-refractivity contribution < 1.29 is 18.8 Å². The van der Waals surface area contributed by atoms with E-state index in [2.05, 4.69) is 15.2 Å². The molecule has 6 heteroatoms. The molecule has 2 aromatic carbocycles. The van der Waals surface area contributed by atoms with Crippen molar-refractivity contribution in [2.75, 3.05) is 7.11 Å². The van der Waals surface area contributed by atoms with Gasteiger partial charge in [-0.15, -0.1) is 0 Å². The summed E-state index contributed by atoms with van der Waals surface area (Å²) in [6, 6.07) is 10.9. The number of hydrogen-bond donors (Lipinski definition) is 1. The molecule has 0 saturated heterocycles. The van der Waals surface area contributed by atoms with Crippen molar-refractivity contribution in [3.63, 3.8) is 0 Å². The molecule has 0 bridgehead atoms. The highest BCUT2D eigenvalue weighted by atomic mass is 16.5. The lowest BCUT2D eigenvalue weighted by atomic mass is 10.1. The second kappa shape index (κ2) is 7.39. The highest BCUT2D eigenvalue weighted by Gasteiger charge is 2.14. The first-order chi connectivity index (χ1) is 12.5. The smallest absolute Gasteiger partial charge is 0.337 e. The van der Waals surface area contributed by atoms with Gasteiger partial charge in [-0.3, -0.25) is 4.79 Å². The predicted molar refractivity (Wildman–Crippen MR) is 96.8 cm³/mol. The number of rotatable bonds is 5. The van der Waals surface area contributed by atoms with Crippen LogP contribution in [0.4, 0.5) is 0 Å². The Labute approximate surface area is 151 Å². The quantitative estimate of drug-likeness (QED) is 0.714. The summed E-state index contributed by atoms with van der Waals surface area (Å²) >= 11 is 0. The van der Waals surface area contributed by atoms with Gasteiger partial charge in [0.25, 0.3) is 0 Å². The monoisotopic (exact) mass is 352 g/mol. The summed E-state index contributed by atoms with van der Waals surface area (Å²) in [4.78, 5) is 23.7. The predicted octanol–water partition coefficient (Wildman–Crippen LogP) is 3.09. The van der Waals surface area contributed by atoms with Crippen LogP contribution in [0.2, 0.25) is 0 Å². The maximum Gasteiger partial charge on any atom is 0.337 e. The minimum atomic E-state index is -0.385. The largest absolute Gasteiger partial charge is 0.465 e. The molecule has 0 saturated carbocycles. The number of aromatic nitrogens is 1. The fraction of sp³-hybridized carbons (Fsp3) is 0.250. The molecule has 1 heterocycles. The first-order valence-corrected chi connectivity index (χ1v) is 8.27. The number of nitrogens with zero attached hydrogens (tertiary/aromatic N) is 1. The van der Waals surface area contributed by atoms with Crippen LogP contribution in [0.25, 0.3) is 11.0 Å². The zero-order valence-corrected chi connectivity index (χ0v) is 15.0. The fourth-order valence-electron chi connectivity index (χ4n) is 2.86. The van der Waals surface area contributed by atoms with E-state index in [-0.39, 0.29) is 18.3 Å². The van der Waals surface area contributed by atoms with E-state index in [1.54, 1.807) is 24.3 Å². The Morgan fingerprint density at radius 3 is 2.58 bits per heavy atom. The van der Waals surface area contributed by atoms with E-state index in [0.29, 0.717) is 17.8 Å². The summed E-state index contributed by atoms with van der Waals surface area (Å²) in [6.45, 7) is 4.33. The molecule has 3 rings (SSSR count). The summed E-state index contributed by atoms with van der Waals surface area (Å²) < 4.78 is 10.0. The molecule has 0 atom stereocenters. The van der Waals surface area contributed by atoms with Gasteiger partial charge < -0.3 is 14.6 Å². The molecule has 26 heavy (non-hydrogen) atoms. The summed E-state index contributed by atoms with van der Waals surface area (Å²) in [5.74, 6) is -0.527. The molecule has 0 unspecified atom stereocenters. The van der Waals surface area contributed by atoms with Gasteiger partial charge in [-0.2, -0.15) is 0 Å². The molecule has 1 amide bonds. The molecule has 1 N–H and O–H groups in total. The molecule has 0 radical (unpaired) electrons. The molecule has 3 aromatic rings. The Kier molecular flexibility index (Phi) is 5.02. The van der Waals surface area contributed by atoms with E-state index < -0.39 is 0 Å². The van der Waals surface area contributed by atoms with Gasteiger partial charge in [-0.1, -0.05) is 23.4 Å². The van der Waals surface area contributed by atoms with E-state index in [1.165, 1.54) is 7.11 Å². The van der Waals surface area contributed by atoms with Crippen molar-refractivity contribution in [2.24, 2.45) is 0 Å². The normalized spacial score (nSPS) is 10.7. The van der Waals surface area contributed by atoms with Crippen LogP contribution in [-0.4, -0.2) is 24.1 Å². The highest BCUT2D eigenvalue weighted by molar-refractivity contribution is 5.89. The van der Waals surface area contributed by atoms with Gasteiger partial charge in [0.1, 0.15) is 5.69 Å². The Hall–Kier alpha value is -3.15. The third kappa shape index (κ3) is 3.74. The molecule has 0 spiro atoms. The molecule has 0 aliphatic carbocycles. The molecule has 0 aliphatic heterocycles. The number of fused-ring (bicyclic) bond motifs is 1. The number of methoxy groups -OCH3 is 1. The zero-order valence-electron chi connectivity index (χ0n) is 15.0. The third-order valence-electron chi connectivity index (χ3n) is 4.17. The average Bonchev–Trinajstić information content (AvgIpc) is 3.02. The Morgan fingerprint density at radius 2 is 1.88 bits per heavy atom. The van der Waals surface area contributed by atoms with Gasteiger partial charge in [0.15, 0.2) is 5.58 Å². The maximum atomic E-state index is 12.3. The summed E-state index contributed by atoms with van der Waals surface area (Å²) in [6.07, 6.45) is 0.149. The Bertz CT molecular complexity index is 958. The standard InChI is InChI=1S/C20H20N2O4/c1-12-8-13(2)19-16(9-12)17(22-26-19)10-18(23)21-11-14-4-6-15(7-5-14)20(24)25-3/h4-9H,10-11H2,1-3H3,(H,21,23). The zero-order chi connectivity index (χ0) is 18.7. The van der Waals surface area contributed by atoms with Crippen molar-refractivity contribution in [3.05, 3.63) is 64.3 Å². The summed E-state index contributed by atoms with van der Waals surface area (Å²) in [7, 11) is 1.34. The van der Waals surface area contributed by atoms with Crippen molar-refractivity contribution in [1.82, 2.24) is 10.5 Å². The van der Waals surface area contributed by atoms with Crippen LogP contribution in [0.3, 0.4) is 0 Å². The molecule has 6 nitrogen and oxygen atoms in total. The SMILES string of the molecule is COC(=O)c1ccc(CNC(=O)Cc2noc3c(C)cc(C)cc23)cc1. The van der Waals surface area contributed by atoms with E-state index in [9.17, 15) is 9.59 Å². The van der Waals surface area contributed by atoms with Crippen molar-refractivity contribution >= 4 is 22.8 Å². The van der Waals surface area contributed by atoms with Crippen molar-refractivity contribution in [3.8, 4) is 0 Å². The number of carbonyl (C=O) groups excluding carboxylic acids is 2. The van der Waals surface area contributed by atoms with Gasteiger partial charge in [0, 0.05) is 11.9 Å². The van der Waals surface area contributed by atoms with E-state index in [0.717, 1.165) is 27.7 Å². The third-order valence-corrected chi connectivity index (χ3v) is 4.17. The number of nitrogens with one attached hydrogen (secondary N) is 1. The number of carbonyl (C=O) groups is 2. The van der Waals surface area contributed by atoms with Gasteiger partial charge in [0.2, 0.25) is 5.91 Å². The van der Waals surface area contributed by atoms with Gasteiger partial charge in [-0.25, -0.2) is 4.79 Å². The molecule has 1 aromatic heterocycles. The van der Waals surface area contributed by atoms with Gasteiger partial charge in [-0.05, 0) is 48.7 Å². The number of ether oxygens (including phenoxy) is 1. The van der Waals surface area contributed by atoms with Crippen molar-refractivity contribution in [1.29, 1.82) is 0 Å². The molecule has 0 aliphatic rings.